The third kappa shape index (κ3) is 10.4. The SMILES string of the molecule is CN=C(NCCCN1CCN(C(=O)OC(C)(C)C)CC1)NCCc1ccccn1.I. The molecule has 2 heterocycles. The Morgan fingerprint density at radius 2 is 1.87 bits per heavy atom. The van der Waals surface area contributed by atoms with Gasteiger partial charge in [-0.15, -0.1) is 24.0 Å². The summed E-state index contributed by atoms with van der Waals surface area (Å²) in [6, 6.07) is 5.96. The minimum Gasteiger partial charge on any atom is -0.444 e. The van der Waals surface area contributed by atoms with Crippen molar-refractivity contribution in [1.82, 2.24) is 25.4 Å². The molecule has 30 heavy (non-hydrogen) atoms. The number of nitrogens with zero attached hydrogens (tertiary/aromatic N) is 4. The van der Waals surface area contributed by atoms with Gasteiger partial charge >= 0.3 is 6.09 Å². The molecule has 0 radical (unpaired) electrons. The Balaban J connectivity index is 0.00000450. The molecule has 0 aromatic carbocycles. The Labute approximate surface area is 197 Å². The van der Waals surface area contributed by atoms with Gasteiger partial charge in [0.2, 0.25) is 0 Å². The first kappa shape index (κ1) is 26.4. The lowest BCUT2D eigenvalue weighted by atomic mass is 10.2. The summed E-state index contributed by atoms with van der Waals surface area (Å²) in [5, 5.41) is 6.68. The minimum absolute atomic E-state index is 0. The van der Waals surface area contributed by atoms with Crippen LogP contribution in [0, 0.1) is 0 Å². The third-order valence-corrected chi connectivity index (χ3v) is 4.59. The van der Waals surface area contributed by atoms with Gasteiger partial charge in [-0.05, 0) is 45.9 Å². The van der Waals surface area contributed by atoms with Crippen molar-refractivity contribution in [1.29, 1.82) is 0 Å². The zero-order chi connectivity index (χ0) is 21.1. The fourth-order valence-electron chi connectivity index (χ4n) is 3.07. The molecular weight excluding hydrogens is 495 g/mol. The number of piperazine rings is 1. The number of nitrogens with one attached hydrogen (secondary N) is 2. The molecule has 9 heteroatoms. The van der Waals surface area contributed by atoms with Crippen molar-refractivity contribution in [2.45, 2.75) is 39.2 Å². The highest BCUT2D eigenvalue weighted by Crippen LogP contribution is 2.11. The molecule has 0 unspecified atom stereocenters. The number of hydrogen-bond donors (Lipinski definition) is 2. The second-order valence-electron chi connectivity index (χ2n) is 8.16. The number of hydrogen-bond acceptors (Lipinski definition) is 5. The van der Waals surface area contributed by atoms with Crippen LogP contribution in [0.15, 0.2) is 29.4 Å². The molecule has 0 atom stereocenters. The number of amides is 1. The fourth-order valence-corrected chi connectivity index (χ4v) is 3.07. The second kappa shape index (κ2) is 13.6. The largest absolute Gasteiger partial charge is 0.444 e. The summed E-state index contributed by atoms with van der Waals surface area (Å²) in [6.45, 7) is 11.6. The number of pyridine rings is 1. The lowest BCUT2D eigenvalue weighted by molar-refractivity contribution is 0.0145. The van der Waals surface area contributed by atoms with Crippen molar-refractivity contribution in [3.05, 3.63) is 30.1 Å². The summed E-state index contributed by atoms with van der Waals surface area (Å²) in [5.74, 6) is 0.815. The van der Waals surface area contributed by atoms with Crippen molar-refractivity contribution >= 4 is 36.0 Å². The van der Waals surface area contributed by atoms with E-state index in [0.29, 0.717) is 0 Å². The molecule has 0 spiro atoms. The van der Waals surface area contributed by atoms with E-state index in [9.17, 15) is 4.79 Å². The topological polar surface area (TPSA) is 82.1 Å². The van der Waals surface area contributed by atoms with Gasteiger partial charge < -0.3 is 20.3 Å². The van der Waals surface area contributed by atoms with E-state index in [-0.39, 0.29) is 30.1 Å². The number of rotatable bonds is 7. The molecule has 1 aliphatic heterocycles. The van der Waals surface area contributed by atoms with Crippen molar-refractivity contribution in [3.63, 3.8) is 0 Å². The molecule has 1 saturated heterocycles. The van der Waals surface area contributed by atoms with E-state index < -0.39 is 5.60 Å². The van der Waals surface area contributed by atoms with Gasteiger partial charge in [-0.3, -0.25) is 14.9 Å². The Bertz CT molecular complexity index is 643. The van der Waals surface area contributed by atoms with Gasteiger partial charge in [-0.25, -0.2) is 4.79 Å². The molecule has 1 aromatic heterocycles. The molecule has 1 aliphatic rings. The van der Waals surface area contributed by atoms with Crippen LogP contribution in [0.1, 0.15) is 32.9 Å². The van der Waals surface area contributed by atoms with Crippen molar-refractivity contribution in [3.8, 4) is 0 Å². The lowest BCUT2D eigenvalue weighted by Crippen LogP contribution is -2.50. The van der Waals surface area contributed by atoms with Crippen LogP contribution in [0.4, 0.5) is 4.79 Å². The smallest absolute Gasteiger partial charge is 0.410 e. The third-order valence-electron chi connectivity index (χ3n) is 4.59. The lowest BCUT2D eigenvalue weighted by Gasteiger charge is -2.35. The molecule has 0 bridgehead atoms. The molecule has 0 saturated carbocycles. The number of ether oxygens (including phenoxy) is 1. The quantitative estimate of drug-likeness (QED) is 0.243. The summed E-state index contributed by atoms with van der Waals surface area (Å²) in [6.07, 6.45) is 3.49. The second-order valence-corrected chi connectivity index (χ2v) is 8.16. The van der Waals surface area contributed by atoms with Gasteiger partial charge in [0.05, 0.1) is 0 Å². The number of carbonyl (C=O) groups excluding carboxylic acids is 1. The number of aromatic nitrogens is 1. The average molecular weight is 532 g/mol. The molecule has 1 amide bonds. The minimum atomic E-state index is -0.440. The Kier molecular flexibility index (Phi) is 12.0. The molecular formula is C21H37IN6O2. The van der Waals surface area contributed by atoms with Crippen molar-refractivity contribution < 1.29 is 9.53 Å². The van der Waals surface area contributed by atoms with Crippen LogP contribution in [-0.4, -0.2) is 85.3 Å². The van der Waals surface area contributed by atoms with Gasteiger partial charge in [-0.1, -0.05) is 6.07 Å². The van der Waals surface area contributed by atoms with Gasteiger partial charge in [0.25, 0.3) is 0 Å². The Hall–Kier alpha value is -1.62. The maximum atomic E-state index is 12.1. The highest BCUT2D eigenvalue weighted by molar-refractivity contribution is 14.0. The van der Waals surface area contributed by atoms with Gasteiger partial charge in [0, 0.05) is 64.6 Å². The fraction of sp³-hybridized carbons (Fsp3) is 0.667. The first-order valence-electron chi connectivity index (χ1n) is 10.4. The van der Waals surface area contributed by atoms with E-state index in [4.69, 9.17) is 4.74 Å². The summed E-state index contributed by atoms with van der Waals surface area (Å²) in [4.78, 5) is 24.9. The number of guanidine groups is 1. The molecule has 8 nitrogen and oxygen atoms in total. The van der Waals surface area contributed by atoms with Crippen LogP contribution in [0.5, 0.6) is 0 Å². The normalized spacial score (nSPS) is 15.3. The summed E-state index contributed by atoms with van der Waals surface area (Å²) in [7, 11) is 1.78. The van der Waals surface area contributed by atoms with Crippen LogP contribution in [0.25, 0.3) is 0 Å². The predicted octanol–water partition coefficient (Wildman–Crippen LogP) is 2.35. The molecule has 0 aliphatic carbocycles. The maximum absolute atomic E-state index is 12.1. The summed E-state index contributed by atoms with van der Waals surface area (Å²) < 4.78 is 5.44. The van der Waals surface area contributed by atoms with E-state index in [0.717, 1.165) is 70.3 Å². The molecule has 2 N–H and O–H groups in total. The van der Waals surface area contributed by atoms with E-state index in [1.165, 1.54) is 0 Å². The monoisotopic (exact) mass is 532 g/mol. The number of halogens is 1. The maximum Gasteiger partial charge on any atom is 0.410 e. The Morgan fingerprint density at radius 1 is 1.17 bits per heavy atom. The zero-order valence-corrected chi connectivity index (χ0v) is 21.0. The molecule has 1 fully saturated rings. The highest BCUT2D eigenvalue weighted by Gasteiger charge is 2.25. The summed E-state index contributed by atoms with van der Waals surface area (Å²) >= 11 is 0. The van der Waals surface area contributed by atoms with Crippen molar-refractivity contribution in [2.75, 3.05) is 52.9 Å². The average Bonchev–Trinajstić information content (AvgIpc) is 2.69. The van der Waals surface area contributed by atoms with Gasteiger partial charge in [0.1, 0.15) is 5.60 Å². The number of aliphatic imine (C=N–C) groups is 1. The van der Waals surface area contributed by atoms with E-state index >= 15 is 0 Å². The standard InChI is InChI=1S/C21H36N6O2.HI/c1-21(2,3)29-20(28)27-16-14-26(15-17-27)13-7-11-24-19(22-4)25-12-9-18-8-5-6-10-23-18;/h5-6,8,10H,7,9,11-17H2,1-4H3,(H2,22,24,25);1H. The van der Waals surface area contributed by atoms with E-state index in [1.807, 2.05) is 45.2 Å². The number of carbonyl (C=O) groups is 1. The van der Waals surface area contributed by atoms with Gasteiger partial charge in [0.15, 0.2) is 5.96 Å². The van der Waals surface area contributed by atoms with E-state index in [1.54, 1.807) is 11.9 Å². The molecule has 2 rings (SSSR count). The van der Waals surface area contributed by atoms with Gasteiger partial charge in [-0.2, -0.15) is 0 Å². The van der Waals surface area contributed by atoms with Crippen LogP contribution in [0.2, 0.25) is 0 Å². The van der Waals surface area contributed by atoms with Crippen LogP contribution in [0.3, 0.4) is 0 Å². The first-order chi connectivity index (χ1) is 13.9. The Morgan fingerprint density at radius 3 is 2.47 bits per heavy atom. The van der Waals surface area contributed by atoms with Crippen LogP contribution >= 0.6 is 24.0 Å². The molecule has 170 valence electrons. The predicted molar refractivity (Wildman–Crippen MR) is 132 cm³/mol. The molecule has 1 aromatic rings. The van der Waals surface area contributed by atoms with Crippen molar-refractivity contribution in [2.24, 2.45) is 4.99 Å². The zero-order valence-electron chi connectivity index (χ0n) is 18.7. The van der Waals surface area contributed by atoms with Crippen LogP contribution in [-0.2, 0) is 11.2 Å². The highest BCUT2D eigenvalue weighted by atomic mass is 127. The van der Waals surface area contributed by atoms with Crippen LogP contribution < -0.4 is 10.6 Å². The first-order valence-corrected chi connectivity index (χ1v) is 10.4. The summed E-state index contributed by atoms with van der Waals surface area (Å²) in [5.41, 5.74) is 0.630. The van der Waals surface area contributed by atoms with E-state index in [2.05, 4.69) is 25.5 Å².